The predicted molar refractivity (Wildman–Crippen MR) is 162 cm³/mol. The zero-order valence-electron chi connectivity index (χ0n) is 24.8. The number of aryl methyl sites for hydroxylation is 2. The number of halogens is 1. The minimum atomic E-state index is -1.35. The number of hydrogen-bond donors (Lipinski definition) is 4. The highest BCUT2D eigenvalue weighted by Gasteiger charge is 2.31. The summed E-state index contributed by atoms with van der Waals surface area (Å²) in [5.41, 5.74) is 4.42. The minimum Gasteiger partial charge on any atom is -0.480 e. The lowest BCUT2D eigenvalue weighted by Crippen LogP contribution is -2.50. The van der Waals surface area contributed by atoms with Gasteiger partial charge in [-0.05, 0) is 112 Å². The average Bonchev–Trinajstić information content (AvgIpc) is 3.73. The highest BCUT2D eigenvalue weighted by molar-refractivity contribution is 6.08. The quantitative estimate of drug-likeness (QED) is 0.219. The van der Waals surface area contributed by atoms with Crippen molar-refractivity contribution in [3.63, 3.8) is 0 Å². The largest absolute Gasteiger partial charge is 0.480 e. The van der Waals surface area contributed by atoms with E-state index in [-0.39, 0.29) is 11.3 Å². The molecule has 1 saturated carbocycles. The molecule has 8 nitrogen and oxygen atoms in total. The summed E-state index contributed by atoms with van der Waals surface area (Å²) in [7, 11) is 0. The van der Waals surface area contributed by atoms with Crippen molar-refractivity contribution in [2.24, 2.45) is 0 Å². The molecule has 4 N–H and O–H groups in total. The second kappa shape index (κ2) is 12.3. The summed E-state index contributed by atoms with van der Waals surface area (Å²) in [6, 6.07) is 12.8. The third kappa shape index (κ3) is 7.73. The van der Waals surface area contributed by atoms with Crippen LogP contribution in [0.5, 0.6) is 0 Å². The molecular formula is C33H38FN3O5. The van der Waals surface area contributed by atoms with E-state index in [1.54, 1.807) is 52.0 Å². The minimum absolute atomic E-state index is 0.0389. The molecule has 1 aliphatic rings. The highest BCUT2D eigenvalue weighted by atomic mass is 19.1. The third-order valence-electron chi connectivity index (χ3n) is 7.07. The van der Waals surface area contributed by atoms with Gasteiger partial charge in [0.2, 0.25) is 0 Å². The summed E-state index contributed by atoms with van der Waals surface area (Å²) in [6.45, 7) is 10.8. The summed E-state index contributed by atoms with van der Waals surface area (Å²) in [6.07, 6.45) is 1.49. The zero-order chi connectivity index (χ0) is 30.8. The fourth-order valence-corrected chi connectivity index (χ4v) is 5.03. The Morgan fingerprint density at radius 3 is 2.17 bits per heavy atom. The van der Waals surface area contributed by atoms with Crippen LogP contribution < -0.4 is 16.0 Å². The normalized spacial score (nSPS) is 14.5. The molecule has 1 fully saturated rings. The monoisotopic (exact) mass is 575 g/mol. The summed E-state index contributed by atoms with van der Waals surface area (Å²) >= 11 is 0. The van der Waals surface area contributed by atoms with E-state index < -0.39 is 41.5 Å². The van der Waals surface area contributed by atoms with Gasteiger partial charge in [0.25, 0.3) is 5.91 Å². The number of ether oxygens (including phenoxy) is 1. The Balaban J connectivity index is 1.64. The van der Waals surface area contributed by atoms with E-state index in [4.69, 9.17) is 4.74 Å². The van der Waals surface area contributed by atoms with Crippen LogP contribution in [0, 0.1) is 19.7 Å². The predicted octanol–water partition coefficient (Wildman–Crippen LogP) is 7.02. The van der Waals surface area contributed by atoms with Crippen LogP contribution in [0.3, 0.4) is 0 Å². The van der Waals surface area contributed by atoms with Gasteiger partial charge in [-0.2, -0.15) is 0 Å². The van der Waals surface area contributed by atoms with Gasteiger partial charge in [0.05, 0.1) is 23.0 Å². The molecule has 3 amide bonds. The molecule has 42 heavy (non-hydrogen) atoms. The van der Waals surface area contributed by atoms with Gasteiger partial charge in [0, 0.05) is 5.69 Å². The van der Waals surface area contributed by atoms with Crippen molar-refractivity contribution in [1.29, 1.82) is 0 Å². The second-order valence-corrected chi connectivity index (χ2v) is 11.9. The Labute approximate surface area is 245 Å². The lowest BCUT2D eigenvalue weighted by molar-refractivity contribution is -0.146. The maximum Gasteiger partial charge on any atom is 0.328 e. The van der Waals surface area contributed by atoms with E-state index in [1.165, 1.54) is 36.6 Å². The Morgan fingerprint density at radius 2 is 1.60 bits per heavy atom. The molecule has 0 unspecified atom stereocenters. The van der Waals surface area contributed by atoms with Crippen LogP contribution in [0.25, 0.3) is 11.1 Å². The summed E-state index contributed by atoms with van der Waals surface area (Å²) in [5.74, 6) is -1.83. The maximum atomic E-state index is 14.0. The molecule has 0 radical (unpaired) electrons. The molecule has 0 bridgehead atoms. The molecular weight excluding hydrogens is 537 g/mol. The third-order valence-corrected chi connectivity index (χ3v) is 7.07. The average molecular weight is 576 g/mol. The second-order valence-electron chi connectivity index (χ2n) is 11.9. The van der Waals surface area contributed by atoms with Gasteiger partial charge in [0.1, 0.15) is 5.82 Å². The van der Waals surface area contributed by atoms with E-state index in [9.17, 15) is 23.9 Å². The Bertz CT molecular complexity index is 1490. The first-order valence-corrected chi connectivity index (χ1v) is 14.0. The van der Waals surface area contributed by atoms with Crippen LogP contribution in [-0.4, -0.2) is 40.8 Å². The Morgan fingerprint density at radius 1 is 0.952 bits per heavy atom. The van der Waals surface area contributed by atoms with Crippen LogP contribution in [0.1, 0.15) is 73.5 Å². The number of carboxylic acids is 1. The Hall–Kier alpha value is -4.24. The maximum absolute atomic E-state index is 14.0. The number of aliphatic carboxylic acids is 1. The van der Waals surface area contributed by atoms with Crippen LogP contribution in [0.15, 0.2) is 54.6 Å². The first-order valence-electron chi connectivity index (χ1n) is 14.0. The molecule has 222 valence electrons. The molecule has 1 aliphatic carbocycles. The molecule has 0 aliphatic heterocycles. The highest BCUT2D eigenvalue weighted by Crippen LogP contribution is 2.42. The van der Waals surface area contributed by atoms with Gasteiger partial charge < -0.3 is 25.8 Å². The lowest BCUT2D eigenvalue weighted by atomic mass is 10.0. The van der Waals surface area contributed by atoms with E-state index in [0.29, 0.717) is 22.7 Å². The van der Waals surface area contributed by atoms with Crippen molar-refractivity contribution in [2.75, 3.05) is 10.6 Å². The number of nitrogens with one attached hydrogen (secondary N) is 3. The van der Waals surface area contributed by atoms with E-state index in [0.717, 1.165) is 11.1 Å². The molecule has 4 rings (SSSR count). The number of carbonyl (C=O) groups excluding carboxylic acids is 2. The molecule has 0 heterocycles. The summed E-state index contributed by atoms with van der Waals surface area (Å²) in [5, 5.41) is 18.0. The number of hydrogen-bond acceptors (Lipinski definition) is 4. The topological polar surface area (TPSA) is 117 Å². The molecule has 3 aromatic carbocycles. The molecule has 0 saturated heterocycles. The van der Waals surface area contributed by atoms with E-state index in [1.807, 2.05) is 13.8 Å². The SMILES string of the molecule is Cc1cc(C2CC2)cc(C)c1NC(=O)Nc1cc(-c2cccc(F)c2)ccc1C(=O)N[C@H](C(=O)O)[C@@H](C)OC(C)(C)C. The smallest absolute Gasteiger partial charge is 0.328 e. The number of carbonyl (C=O) groups is 3. The molecule has 0 spiro atoms. The fourth-order valence-electron chi connectivity index (χ4n) is 5.03. The van der Waals surface area contributed by atoms with E-state index in [2.05, 4.69) is 28.1 Å². The van der Waals surface area contributed by atoms with Crippen molar-refractivity contribution in [2.45, 2.75) is 78.0 Å². The van der Waals surface area contributed by atoms with Crippen LogP contribution in [0.2, 0.25) is 0 Å². The number of carboxylic acid groups (broad SMARTS) is 1. The molecule has 0 aromatic heterocycles. The number of benzene rings is 3. The Kier molecular flexibility index (Phi) is 9.01. The fraction of sp³-hybridized carbons (Fsp3) is 0.364. The molecule has 2 atom stereocenters. The number of amides is 3. The van der Waals surface area contributed by atoms with Crippen molar-refractivity contribution < 1.29 is 28.6 Å². The van der Waals surface area contributed by atoms with Gasteiger partial charge in [-0.15, -0.1) is 0 Å². The van der Waals surface area contributed by atoms with Crippen LogP contribution in [-0.2, 0) is 9.53 Å². The van der Waals surface area contributed by atoms with Gasteiger partial charge in [-0.3, -0.25) is 4.79 Å². The van der Waals surface area contributed by atoms with Gasteiger partial charge in [-0.25, -0.2) is 14.0 Å². The van der Waals surface area contributed by atoms with Crippen molar-refractivity contribution in [3.05, 3.63) is 82.7 Å². The number of rotatable bonds is 9. The first kappa shape index (κ1) is 30.7. The summed E-state index contributed by atoms with van der Waals surface area (Å²) < 4.78 is 19.8. The standard InChI is InChI=1S/C33H38FN3O5/c1-18-14-24(21-10-11-21)15-19(2)28(18)37-32(41)35-27-17-23(22-8-7-9-25(34)16-22)12-13-26(27)30(38)36-29(31(39)40)20(3)42-33(4,5)6/h7-9,12-17,20-21,29H,10-11H2,1-6H3,(H,36,38)(H,39,40)(H2,35,37,41)/t20-,29+/m1/s1. The lowest BCUT2D eigenvalue weighted by Gasteiger charge is -2.29. The number of urea groups is 1. The zero-order valence-corrected chi connectivity index (χ0v) is 24.8. The van der Waals surface area contributed by atoms with Crippen molar-refractivity contribution in [1.82, 2.24) is 5.32 Å². The van der Waals surface area contributed by atoms with Gasteiger partial charge in [0.15, 0.2) is 6.04 Å². The van der Waals surface area contributed by atoms with Gasteiger partial charge >= 0.3 is 12.0 Å². The van der Waals surface area contributed by atoms with Crippen LogP contribution in [0.4, 0.5) is 20.6 Å². The molecule has 9 heteroatoms. The van der Waals surface area contributed by atoms with E-state index >= 15 is 0 Å². The first-order chi connectivity index (χ1) is 19.7. The summed E-state index contributed by atoms with van der Waals surface area (Å²) in [4.78, 5) is 38.8. The molecule has 3 aromatic rings. The van der Waals surface area contributed by atoms with Crippen LogP contribution >= 0.6 is 0 Å². The number of anilines is 2. The van der Waals surface area contributed by atoms with Crippen molar-refractivity contribution >= 4 is 29.3 Å². The van der Waals surface area contributed by atoms with Gasteiger partial charge in [-0.1, -0.05) is 30.3 Å². The van der Waals surface area contributed by atoms with Crippen molar-refractivity contribution in [3.8, 4) is 11.1 Å².